The molecule has 14 nitrogen and oxygen atoms in total. The van der Waals surface area contributed by atoms with Crippen molar-refractivity contribution < 1.29 is 42.2 Å². The minimum absolute atomic E-state index is 0.0238. The van der Waals surface area contributed by atoms with Crippen LogP contribution in [0.15, 0.2) is 103 Å². The second kappa shape index (κ2) is 18.1. The third-order valence-corrected chi connectivity index (χ3v) is 10.6. The molecule has 54 heavy (non-hydrogen) atoms. The number of aliphatic hydroxyl groups is 1. The smallest absolute Gasteiger partial charge is 0.258 e. The number of amides is 5. The van der Waals surface area contributed by atoms with Crippen LogP contribution in [-0.2, 0) is 40.2 Å². The van der Waals surface area contributed by atoms with Crippen LogP contribution >= 0.6 is 11.8 Å². The number of rotatable bonds is 16. The highest BCUT2D eigenvalue weighted by Gasteiger charge is 2.41. The largest absolute Gasteiger partial charge is 0.483 e. The van der Waals surface area contributed by atoms with Gasteiger partial charge in [-0.2, -0.15) is 0 Å². The van der Waals surface area contributed by atoms with Crippen LogP contribution in [0.5, 0.6) is 5.75 Å². The molecule has 5 rings (SSSR count). The Balaban J connectivity index is 1.32. The van der Waals surface area contributed by atoms with E-state index in [9.17, 15) is 37.5 Å². The Labute approximate surface area is 316 Å². The van der Waals surface area contributed by atoms with Crippen molar-refractivity contribution >= 4 is 61.9 Å². The van der Waals surface area contributed by atoms with Crippen LogP contribution in [0.4, 0.5) is 0 Å². The van der Waals surface area contributed by atoms with Gasteiger partial charge in [0.25, 0.3) is 11.8 Å². The molecule has 5 amide bonds. The van der Waals surface area contributed by atoms with Gasteiger partial charge < -0.3 is 36.4 Å². The third kappa shape index (κ3) is 10.6. The van der Waals surface area contributed by atoms with Crippen LogP contribution in [0.25, 0.3) is 10.8 Å². The molecule has 4 aromatic carbocycles. The maximum atomic E-state index is 13.9. The van der Waals surface area contributed by atoms with Gasteiger partial charge in [-0.15, -0.1) is 11.8 Å². The fourth-order valence-corrected chi connectivity index (χ4v) is 8.01. The number of nitrogens with one attached hydrogen (secondary N) is 3. The summed E-state index contributed by atoms with van der Waals surface area (Å²) < 4.78 is 30.6. The van der Waals surface area contributed by atoms with Crippen molar-refractivity contribution in [3.8, 4) is 5.75 Å². The van der Waals surface area contributed by atoms with Crippen LogP contribution in [0.1, 0.15) is 17.2 Å². The Bertz CT molecular complexity index is 2080. The maximum absolute atomic E-state index is 13.9. The lowest BCUT2D eigenvalue weighted by molar-refractivity contribution is -0.147. The summed E-state index contributed by atoms with van der Waals surface area (Å²) in [6, 6.07) is 24.5. The van der Waals surface area contributed by atoms with Crippen molar-refractivity contribution in [1.29, 1.82) is 0 Å². The Morgan fingerprint density at radius 3 is 2.22 bits per heavy atom. The predicted octanol–water partition coefficient (Wildman–Crippen LogP) is 1.08. The van der Waals surface area contributed by atoms with Crippen molar-refractivity contribution in [3.63, 3.8) is 0 Å². The number of sulfone groups is 1. The molecule has 0 spiro atoms. The molecule has 0 aliphatic carbocycles. The van der Waals surface area contributed by atoms with E-state index in [2.05, 4.69) is 16.0 Å². The second-order valence-electron chi connectivity index (χ2n) is 12.8. The number of carbonyl (C=O) groups is 5. The zero-order valence-electron chi connectivity index (χ0n) is 29.3. The number of fused-ring (bicyclic) bond motifs is 1. The van der Waals surface area contributed by atoms with Gasteiger partial charge in [-0.05, 0) is 29.0 Å². The summed E-state index contributed by atoms with van der Waals surface area (Å²) in [6.45, 7) is -0.535. The Kier molecular flexibility index (Phi) is 13.3. The number of aliphatic hydroxyl groups excluding tert-OH is 1. The quantitative estimate of drug-likeness (QED) is 0.109. The van der Waals surface area contributed by atoms with Crippen LogP contribution in [-0.4, -0.2) is 102 Å². The summed E-state index contributed by atoms with van der Waals surface area (Å²) in [5, 5.41) is 20.8. The van der Waals surface area contributed by atoms with Gasteiger partial charge >= 0.3 is 0 Å². The van der Waals surface area contributed by atoms with Gasteiger partial charge in [-0.25, -0.2) is 8.42 Å². The highest BCUT2D eigenvalue weighted by atomic mass is 32.2. The van der Waals surface area contributed by atoms with Gasteiger partial charge in [0.1, 0.15) is 33.7 Å². The molecule has 0 saturated carbocycles. The maximum Gasteiger partial charge on any atom is 0.258 e. The minimum atomic E-state index is -3.84. The number of carbonyl (C=O) groups excluding carboxylic acids is 5. The normalized spacial score (nSPS) is 16.4. The van der Waals surface area contributed by atoms with Gasteiger partial charge in [0.2, 0.25) is 17.7 Å². The highest BCUT2D eigenvalue weighted by molar-refractivity contribution is 7.99. The predicted molar refractivity (Wildman–Crippen MR) is 204 cm³/mol. The van der Waals surface area contributed by atoms with E-state index in [0.29, 0.717) is 16.9 Å². The van der Waals surface area contributed by atoms with Gasteiger partial charge in [0.05, 0.1) is 17.7 Å². The molecule has 284 valence electrons. The van der Waals surface area contributed by atoms with Gasteiger partial charge in [-0.3, -0.25) is 24.0 Å². The Morgan fingerprint density at radius 1 is 0.889 bits per heavy atom. The first kappa shape index (κ1) is 39.8. The molecule has 0 unspecified atom stereocenters. The topological polar surface area (TPSA) is 214 Å². The molecule has 16 heteroatoms. The minimum Gasteiger partial charge on any atom is -0.483 e. The first-order chi connectivity index (χ1) is 25.8. The zero-order valence-corrected chi connectivity index (χ0v) is 30.9. The number of nitrogens with two attached hydrogens (primary N) is 1. The molecule has 1 aliphatic rings. The molecule has 1 heterocycles. The molecule has 1 fully saturated rings. The average Bonchev–Trinajstić information content (AvgIpc) is 3.65. The lowest BCUT2D eigenvalue weighted by atomic mass is 9.99. The summed E-state index contributed by atoms with van der Waals surface area (Å²) in [4.78, 5) is 67.6. The SMILES string of the molecule is CS(=O)(=O)C[C@H](NC(=O)COc1cccc2ccccc12)C(=O)N[C@@H](Cc1ccccc1)[C@H](O)C(=O)N1CSC[C@H]1C(=O)N[C@H](C(N)=O)c1ccccc1. The molecule has 1 aliphatic heterocycles. The number of thioether (sulfide) groups is 1. The van der Waals surface area contributed by atoms with Crippen LogP contribution < -0.4 is 26.4 Å². The standard InChI is InChI=1S/C38H41N5O9S2/c1-54(50,51)22-29(40-32(44)20-52-31-18-10-16-25-13-8-9-17-27(25)31)36(47)41-28(19-24-11-4-2-5-12-24)34(45)38(49)43-23-53-21-30(43)37(48)42-33(35(39)46)26-14-6-3-7-15-26/h2-18,28-30,33-34,45H,19-23H2,1H3,(H2,39,46)(H,40,44)(H,41,47)(H,42,48)/t28-,29-,30-,33-,34-/m0/s1. The number of nitrogens with zero attached hydrogens (tertiary/aromatic N) is 1. The van der Waals surface area contributed by atoms with Gasteiger partial charge in [-0.1, -0.05) is 97.1 Å². The van der Waals surface area contributed by atoms with E-state index in [1.165, 1.54) is 11.8 Å². The lowest BCUT2D eigenvalue weighted by Gasteiger charge is -2.31. The van der Waals surface area contributed by atoms with Crippen LogP contribution in [0.3, 0.4) is 0 Å². The number of primary amides is 1. The molecule has 0 radical (unpaired) electrons. The van der Waals surface area contributed by atoms with E-state index in [0.717, 1.165) is 21.9 Å². The number of hydrogen-bond donors (Lipinski definition) is 5. The first-order valence-electron chi connectivity index (χ1n) is 16.9. The van der Waals surface area contributed by atoms with Crippen LogP contribution in [0.2, 0.25) is 0 Å². The molecule has 4 aromatic rings. The summed E-state index contributed by atoms with van der Waals surface area (Å²) in [5.41, 5.74) is 6.66. The molecule has 1 saturated heterocycles. The first-order valence-corrected chi connectivity index (χ1v) is 20.1. The number of ether oxygens (including phenoxy) is 1. The average molecular weight is 776 g/mol. The summed E-state index contributed by atoms with van der Waals surface area (Å²) in [7, 11) is -3.84. The van der Waals surface area contributed by atoms with E-state index in [4.69, 9.17) is 10.5 Å². The molecular weight excluding hydrogens is 735 g/mol. The number of hydrogen-bond acceptors (Lipinski definition) is 10. The zero-order chi connectivity index (χ0) is 38.8. The number of benzene rings is 4. The van der Waals surface area contributed by atoms with E-state index in [1.807, 2.05) is 30.3 Å². The second-order valence-corrected chi connectivity index (χ2v) is 16.0. The van der Waals surface area contributed by atoms with E-state index in [1.54, 1.807) is 72.8 Å². The van der Waals surface area contributed by atoms with Gasteiger partial charge in [0, 0.05) is 17.4 Å². The Hall–Kier alpha value is -5.45. The van der Waals surface area contributed by atoms with E-state index in [-0.39, 0.29) is 18.1 Å². The summed E-state index contributed by atoms with van der Waals surface area (Å²) in [6.07, 6.45) is -1.07. The summed E-state index contributed by atoms with van der Waals surface area (Å²) in [5.74, 6) is -4.30. The third-order valence-electron chi connectivity index (χ3n) is 8.66. The molecular formula is C38H41N5O9S2. The monoisotopic (exact) mass is 775 g/mol. The fraction of sp³-hybridized carbons (Fsp3) is 0.289. The molecule has 0 bridgehead atoms. The van der Waals surface area contributed by atoms with Crippen molar-refractivity contribution in [2.24, 2.45) is 5.73 Å². The van der Waals surface area contributed by atoms with Crippen molar-refractivity contribution in [3.05, 3.63) is 114 Å². The van der Waals surface area contributed by atoms with Crippen molar-refractivity contribution in [1.82, 2.24) is 20.9 Å². The van der Waals surface area contributed by atoms with E-state index < -0.39 is 82.0 Å². The summed E-state index contributed by atoms with van der Waals surface area (Å²) >= 11 is 1.25. The van der Waals surface area contributed by atoms with Crippen molar-refractivity contribution in [2.45, 2.75) is 36.7 Å². The van der Waals surface area contributed by atoms with Gasteiger partial charge in [0.15, 0.2) is 12.7 Å². The fourth-order valence-electron chi connectivity index (χ4n) is 6.00. The van der Waals surface area contributed by atoms with Crippen molar-refractivity contribution in [2.75, 3.05) is 30.2 Å². The molecule has 0 aromatic heterocycles. The van der Waals surface area contributed by atoms with Crippen LogP contribution in [0, 0.1) is 0 Å². The molecule has 6 N–H and O–H groups in total. The Morgan fingerprint density at radius 2 is 1.54 bits per heavy atom. The highest BCUT2D eigenvalue weighted by Crippen LogP contribution is 2.26. The molecule has 5 atom stereocenters. The lowest BCUT2D eigenvalue weighted by Crippen LogP contribution is -2.59. The van der Waals surface area contributed by atoms with E-state index >= 15 is 0 Å².